The summed E-state index contributed by atoms with van der Waals surface area (Å²) in [6.07, 6.45) is -2.82. The highest BCUT2D eigenvalue weighted by molar-refractivity contribution is 6.42. The first-order chi connectivity index (χ1) is 8.99. The number of hydrogen-bond donors (Lipinski definition) is 3. The average molecular weight is 304 g/mol. The van der Waals surface area contributed by atoms with Crippen molar-refractivity contribution in [3.8, 4) is 0 Å². The van der Waals surface area contributed by atoms with Gasteiger partial charge in [0, 0.05) is 0 Å². The van der Waals surface area contributed by atoms with Crippen molar-refractivity contribution in [3.05, 3.63) is 22.2 Å². The highest BCUT2D eigenvalue weighted by Crippen LogP contribution is 2.34. The number of nitrogens with zero attached hydrogens (tertiary/aromatic N) is 2. The molecule has 0 aliphatic carbocycles. The fourth-order valence-electron chi connectivity index (χ4n) is 2.19. The van der Waals surface area contributed by atoms with E-state index in [1.807, 2.05) is 0 Å². The molecule has 102 valence electrons. The van der Waals surface area contributed by atoms with Gasteiger partial charge in [-0.2, -0.15) is 0 Å². The van der Waals surface area contributed by atoms with Crippen molar-refractivity contribution >= 4 is 40.2 Å². The van der Waals surface area contributed by atoms with Crippen LogP contribution in [0.2, 0.25) is 10.0 Å². The first-order valence-electron chi connectivity index (χ1n) is 5.59. The number of imidazole rings is 1. The van der Waals surface area contributed by atoms with Crippen molar-refractivity contribution < 1.29 is 14.9 Å². The molecule has 2 aromatic rings. The zero-order chi connectivity index (χ0) is 13.7. The van der Waals surface area contributed by atoms with Crippen LogP contribution >= 0.6 is 23.2 Å². The first kappa shape index (κ1) is 13.0. The number of nitrogens with two attached hydrogens (primary N) is 1. The molecule has 0 radical (unpaired) electrons. The molecule has 0 saturated carbocycles. The van der Waals surface area contributed by atoms with Gasteiger partial charge in [0.15, 0.2) is 6.23 Å². The van der Waals surface area contributed by atoms with Gasteiger partial charge in [0.05, 0.1) is 27.7 Å². The van der Waals surface area contributed by atoms with Crippen molar-refractivity contribution in [1.29, 1.82) is 0 Å². The van der Waals surface area contributed by atoms with E-state index in [9.17, 15) is 10.2 Å². The maximum Gasteiger partial charge on any atom is 0.203 e. The molecule has 8 heteroatoms. The Bertz CT molecular complexity index is 646. The summed E-state index contributed by atoms with van der Waals surface area (Å²) in [7, 11) is 0. The Morgan fingerprint density at radius 3 is 2.63 bits per heavy atom. The summed E-state index contributed by atoms with van der Waals surface area (Å²) in [5, 5.41) is 20.1. The Hall–Kier alpha value is -1.05. The molecule has 1 fully saturated rings. The lowest BCUT2D eigenvalue weighted by molar-refractivity contribution is -0.0146. The van der Waals surface area contributed by atoms with Crippen LogP contribution in [0.5, 0.6) is 0 Å². The van der Waals surface area contributed by atoms with Crippen LogP contribution in [0.3, 0.4) is 0 Å². The molecule has 1 aliphatic rings. The Labute approximate surface area is 118 Å². The van der Waals surface area contributed by atoms with Crippen molar-refractivity contribution in [2.45, 2.75) is 18.4 Å². The number of aromatic nitrogens is 2. The fraction of sp³-hybridized carbons (Fsp3) is 0.364. The third-order valence-corrected chi connectivity index (χ3v) is 3.86. The van der Waals surface area contributed by atoms with Gasteiger partial charge >= 0.3 is 0 Å². The van der Waals surface area contributed by atoms with Gasteiger partial charge in [-0.05, 0) is 12.1 Å². The van der Waals surface area contributed by atoms with E-state index >= 15 is 0 Å². The number of benzene rings is 1. The standard InChI is InChI=1S/C11H11Cl2N3O3/c12-4-1-6-7(2-5(4)13)16(11(14)15-6)10-9(18)8(17)3-19-10/h1-2,8-10,17-18H,3H2,(H2,14,15)/t8-,9-,10+/m1/s1. The molecule has 0 bridgehead atoms. The van der Waals surface area contributed by atoms with Crippen LogP contribution in [0.25, 0.3) is 11.0 Å². The van der Waals surface area contributed by atoms with Crippen molar-refractivity contribution in [2.75, 3.05) is 12.3 Å². The van der Waals surface area contributed by atoms with Gasteiger partial charge in [-0.25, -0.2) is 4.98 Å². The maximum absolute atomic E-state index is 9.90. The number of aliphatic hydroxyl groups excluding tert-OH is 2. The molecule has 0 amide bonds. The summed E-state index contributed by atoms with van der Waals surface area (Å²) in [5.41, 5.74) is 6.97. The SMILES string of the molecule is Nc1nc2cc(Cl)c(Cl)cc2n1[C@H]1OC[C@@H](O)[C@H]1O. The molecule has 1 aliphatic heterocycles. The predicted molar refractivity (Wildman–Crippen MR) is 71.2 cm³/mol. The second-order valence-corrected chi connectivity index (χ2v) is 5.19. The minimum absolute atomic E-state index is 0.0340. The number of hydrogen-bond acceptors (Lipinski definition) is 5. The minimum Gasteiger partial charge on any atom is -0.388 e. The molecular weight excluding hydrogens is 293 g/mol. The van der Waals surface area contributed by atoms with E-state index in [4.69, 9.17) is 33.7 Å². The highest BCUT2D eigenvalue weighted by atomic mass is 35.5. The maximum atomic E-state index is 9.90. The molecule has 0 spiro atoms. The molecule has 3 atom stereocenters. The smallest absolute Gasteiger partial charge is 0.203 e. The molecular formula is C11H11Cl2N3O3. The van der Waals surface area contributed by atoms with E-state index in [0.29, 0.717) is 21.1 Å². The normalized spacial score (nSPS) is 27.3. The third kappa shape index (κ3) is 1.96. The quantitative estimate of drug-likeness (QED) is 0.735. The topological polar surface area (TPSA) is 93.5 Å². The molecule has 4 N–H and O–H groups in total. The second kappa shape index (κ2) is 4.50. The lowest BCUT2D eigenvalue weighted by Gasteiger charge is -2.18. The van der Waals surface area contributed by atoms with E-state index in [0.717, 1.165) is 0 Å². The average Bonchev–Trinajstić information content (AvgIpc) is 2.82. The fourth-order valence-corrected chi connectivity index (χ4v) is 2.50. The molecule has 3 rings (SSSR count). The van der Waals surface area contributed by atoms with Crippen LogP contribution in [0.4, 0.5) is 5.95 Å². The Kier molecular flexibility index (Phi) is 3.07. The molecule has 1 aromatic heterocycles. The van der Waals surface area contributed by atoms with Crippen molar-refractivity contribution in [3.63, 3.8) is 0 Å². The Morgan fingerprint density at radius 2 is 2.00 bits per heavy atom. The van der Waals surface area contributed by atoms with E-state index in [2.05, 4.69) is 4.98 Å². The van der Waals surface area contributed by atoms with Gasteiger partial charge in [0.2, 0.25) is 5.95 Å². The number of aliphatic hydroxyl groups is 2. The van der Waals surface area contributed by atoms with E-state index < -0.39 is 18.4 Å². The summed E-state index contributed by atoms with van der Waals surface area (Å²) in [6, 6.07) is 3.19. The highest BCUT2D eigenvalue weighted by Gasteiger charge is 2.37. The van der Waals surface area contributed by atoms with E-state index in [1.165, 1.54) is 4.57 Å². The third-order valence-electron chi connectivity index (χ3n) is 3.14. The predicted octanol–water partition coefficient (Wildman–Crippen LogP) is 1.18. The zero-order valence-electron chi connectivity index (χ0n) is 9.62. The lowest BCUT2D eigenvalue weighted by Crippen LogP contribution is -2.28. The molecule has 1 aromatic carbocycles. The van der Waals surface area contributed by atoms with Crippen LogP contribution in [0.15, 0.2) is 12.1 Å². The van der Waals surface area contributed by atoms with Gasteiger partial charge in [0.1, 0.15) is 12.2 Å². The molecule has 0 unspecified atom stereocenters. The molecule has 6 nitrogen and oxygen atoms in total. The summed E-state index contributed by atoms with van der Waals surface area (Å²) in [5.74, 6) is 0.159. The first-order valence-corrected chi connectivity index (χ1v) is 6.35. The second-order valence-electron chi connectivity index (χ2n) is 4.38. The number of anilines is 1. The van der Waals surface area contributed by atoms with Gasteiger partial charge in [-0.15, -0.1) is 0 Å². The Balaban J connectivity index is 2.18. The molecule has 1 saturated heterocycles. The van der Waals surface area contributed by atoms with Crippen molar-refractivity contribution in [2.24, 2.45) is 0 Å². The summed E-state index contributed by atoms with van der Waals surface area (Å²) >= 11 is 11.9. The van der Waals surface area contributed by atoms with Gasteiger partial charge < -0.3 is 20.7 Å². The van der Waals surface area contributed by atoms with Gasteiger partial charge in [-0.1, -0.05) is 23.2 Å². The summed E-state index contributed by atoms with van der Waals surface area (Å²) in [4.78, 5) is 4.14. The minimum atomic E-state index is -1.07. The van der Waals surface area contributed by atoms with E-state index in [-0.39, 0.29) is 12.6 Å². The number of halogens is 2. The van der Waals surface area contributed by atoms with Gasteiger partial charge in [-0.3, -0.25) is 4.57 Å². The number of ether oxygens (including phenoxy) is 1. The molecule has 2 heterocycles. The summed E-state index contributed by atoms with van der Waals surface area (Å²) < 4.78 is 6.85. The van der Waals surface area contributed by atoms with Crippen LogP contribution in [0, 0.1) is 0 Å². The number of rotatable bonds is 1. The summed E-state index contributed by atoms with van der Waals surface area (Å²) in [6.45, 7) is 0.0340. The van der Waals surface area contributed by atoms with Crippen LogP contribution in [-0.2, 0) is 4.74 Å². The van der Waals surface area contributed by atoms with Gasteiger partial charge in [0.25, 0.3) is 0 Å². The van der Waals surface area contributed by atoms with Crippen LogP contribution in [0.1, 0.15) is 6.23 Å². The van der Waals surface area contributed by atoms with Crippen LogP contribution in [-0.4, -0.2) is 38.6 Å². The van der Waals surface area contributed by atoms with E-state index in [1.54, 1.807) is 12.1 Å². The largest absolute Gasteiger partial charge is 0.388 e. The zero-order valence-corrected chi connectivity index (χ0v) is 11.1. The number of fused-ring (bicyclic) bond motifs is 1. The monoisotopic (exact) mass is 303 g/mol. The Morgan fingerprint density at radius 1 is 1.32 bits per heavy atom. The van der Waals surface area contributed by atoms with Crippen LogP contribution < -0.4 is 5.73 Å². The van der Waals surface area contributed by atoms with Crippen molar-refractivity contribution in [1.82, 2.24) is 9.55 Å². The lowest BCUT2D eigenvalue weighted by atomic mass is 10.2. The number of nitrogen functional groups attached to an aromatic ring is 1. The molecule has 19 heavy (non-hydrogen) atoms.